The van der Waals surface area contributed by atoms with Gasteiger partial charge in [-0.25, -0.2) is 9.79 Å². The molecule has 0 radical (unpaired) electrons. The van der Waals surface area contributed by atoms with Gasteiger partial charge in [-0.2, -0.15) is 0 Å². The highest BCUT2D eigenvalue weighted by atomic mass is 32.1. The average Bonchev–Trinajstić information content (AvgIpc) is 3.36. The van der Waals surface area contributed by atoms with Gasteiger partial charge in [-0.15, -0.1) is 0 Å². The van der Waals surface area contributed by atoms with E-state index in [1.807, 2.05) is 49.3 Å². The Morgan fingerprint density at radius 2 is 2.03 bits per heavy atom. The van der Waals surface area contributed by atoms with Crippen molar-refractivity contribution in [3.8, 4) is 0 Å². The first-order valence-corrected chi connectivity index (χ1v) is 10.7. The minimum atomic E-state index is -0.719. The number of carbonyl (C=O) groups is 1. The van der Waals surface area contributed by atoms with Crippen LogP contribution in [0.5, 0.6) is 0 Å². The Balaban J connectivity index is 1.87. The van der Waals surface area contributed by atoms with Crippen LogP contribution in [0.1, 0.15) is 31.2 Å². The highest BCUT2D eigenvalue weighted by molar-refractivity contribution is 7.07. The van der Waals surface area contributed by atoms with Crippen LogP contribution in [-0.2, 0) is 9.53 Å². The van der Waals surface area contributed by atoms with E-state index in [9.17, 15) is 9.59 Å². The van der Waals surface area contributed by atoms with Crippen LogP contribution in [-0.4, -0.2) is 31.2 Å². The SMILES string of the molecule is CCOC(=O)C1=C(C)N=c2s/c(=C/c3ccc(N(C)C)cc3)c(=O)n2[C@H]1c1ccco1. The zero-order chi connectivity index (χ0) is 22.1. The Morgan fingerprint density at radius 1 is 1.29 bits per heavy atom. The lowest BCUT2D eigenvalue weighted by molar-refractivity contribution is -0.139. The van der Waals surface area contributed by atoms with Gasteiger partial charge in [0.05, 0.1) is 28.7 Å². The molecule has 0 amide bonds. The first-order valence-electron chi connectivity index (χ1n) is 9.91. The van der Waals surface area contributed by atoms with Crippen LogP contribution in [0.2, 0.25) is 0 Å². The summed E-state index contributed by atoms with van der Waals surface area (Å²) in [6, 6.07) is 10.7. The van der Waals surface area contributed by atoms with E-state index in [0.29, 0.717) is 26.4 Å². The molecule has 1 aliphatic rings. The van der Waals surface area contributed by atoms with Gasteiger partial charge in [-0.1, -0.05) is 23.5 Å². The zero-order valence-corrected chi connectivity index (χ0v) is 18.6. The number of nitrogens with zero attached hydrogens (tertiary/aromatic N) is 3. The maximum absolute atomic E-state index is 13.4. The van der Waals surface area contributed by atoms with Gasteiger partial charge in [-0.3, -0.25) is 9.36 Å². The van der Waals surface area contributed by atoms with Crippen LogP contribution in [0.3, 0.4) is 0 Å². The monoisotopic (exact) mass is 437 g/mol. The van der Waals surface area contributed by atoms with Crippen molar-refractivity contribution in [3.63, 3.8) is 0 Å². The molecule has 0 aliphatic carbocycles. The Hall–Kier alpha value is -3.39. The fourth-order valence-electron chi connectivity index (χ4n) is 3.53. The van der Waals surface area contributed by atoms with Gasteiger partial charge < -0.3 is 14.1 Å². The maximum atomic E-state index is 13.4. The van der Waals surface area contributed by atoms with E-state index < -0.39 is 12.0 Å². The van der Waals surface area contributed by atoms with Gasteiger partial charge in [0.2, 0.25) is 0 Å². The molecule has 3 heterocycles. The van der Waals surface area contributed by atoms with Crippen LogP contribution in [0.15, 0.2) is 68.1 Å². The van der Waals surface area contributed by atoms with Crippen LogP contribution in [0.4, 0.5) is 5.69 Å². The number of hydrogen-bond donors (Lipinski definition) is 0. The molecule has 7 nitrogen and oxygen atoms in total. The van der Waals surface area contributed by atoms with Crippen molar-refractivity contribution in [2.45, 2.75) is 19.9 Å². The highest BCUT2D eigenvalue weighted by Gasteiger charge is 2.34. The summed E-state index contributed by atoms with van der Waals surface area (Å²) < 4.78 is 12.9. The number of anilines is 1. The van der Waals surface area contributed by atoms with Crippen molar-refractivity contribution in [1.29, 1.82) is 0 Å². The molecule has 0 saturated heterocycles. The first-order chi connectivity index (χ1) is 14.9. The van der Waals surface area contributed by atoms with Crippen molar-refractivity contribution in [2.24, 2.45) is 4.99 Å². The third kappa shape index (κ3) is 3.86. The van der Waals surface area contributed by atoms with E-state index in [-0.39, 0.29) is 12.2 Å². The molecule has 160 valence electrons. The average molecular weight is 438 g/mol. The Morgan fingerprint density at radius 3 is 2.65 bits per heavy atom. The second-order valence-corrected chi connectivity index (χ2v) is 8.31. The topological polar surface area (TPSA) is 77.0 Å². The summed E-state index contributed by atoms with van der Waals surface area (Å²) in [4.78, 5) is 33.2. The number of benzene rings is 1. The lowest BCUT2D eigenvalue weighted by Gasteiger charge is -2.22. The summed E-state index contributed by atoms with van der Waals surface area (Å²) in [5, 5.41) is 0. The largest absolute Gasteiger partial charge is 0.467 e. The second-order valence-electron chi connectivity index (χ2n) is 7.30. The number of thiazole rings is 1. The lowest BCUT2D eigenvalue weighted by Crippen LogP contribution is -2.39. The van der Waals surface area contributed by atoms with Gasteiger partial charge in [0, 0.05) is 19.8 Å². The van der Waals surface area contributed by atoms with E-state index in [4.69, 9.17) is 9.15 Å². The van der Waals surface area contributed by atoms with Crippen molar-refractivity contribution in [3.05, 3.63) is 84.9 Å². The summed E-state index contributed by atoms with van der Waals surface area (Å²) in [6.45, 7) is 3.72. The molecule has 1 aromatic carbocycles. The normalized spacial score (nSPS) is 16.1. The number of esters is 1. The van der Waals surface area contributed by atoms with Crippen LogP contribution in [0.25, 0.3) is 6.08 Å². The number of ether oxygens (including phenoxy) is 1. The fourth-order valence-corrected chi connectivity index (χ4v) is 4.57. The summed E-state index contributed by atoms with van der Waals surface area (Å²) in [7, 11) is 3.95. The van der Waals surface area contributed by atoms with Crippen molar-refractivity contribution < 1.29 is 13.9 Å². The summed E-state index contributed by atoms with van der Waals surface area (Å²) in [6.07, 6.45) is 3.36. The Labute approximate surface area is 183 Å². The smallest absolute Gasteiger partial charge is 0.338 e. The van der Waals surface area contributed by atoms with E-state index in [1.54, 1.807) is 26.0 Å². The molecule has 1 aliphatic heterocycles. The van der Waals surface area contributed by atoms with Crippen molar-refractivity contribution in [2.75, 3.05) is 25.6 Å². The predicted molar refractivity (Wildman–Crippen MR) is 120 cm³/mol. The minimum absolute atomic E-state index is 0.226. The third-order valence-electron chi connectivity index (χ3n) is 5.04. The van der Waals surface area contributed by atoms with E-state index >= 15 is 0 Å². The Kier molecular flexibility index (Phi) is 5.65. The number of carbonyl (C=O) groups excluding carboxylic acids is 1. The maximum Gasteiger partial charge on any atom is 0.338 e. The molecule has 0 bridgehead atoms. The number of fused-ring (bicyclic) bond motifs is 1. The predicted octanol–water partition coefficient (Wildman–Crippen LogP) is 2.46. The van der Waals surface area contributed by atoms with Gasteiger partial charge in [0.15, 0.2) is 4.80 Å². The lowest BCUT2D eigenvalue weighted by atomic mass is 10.0. The van der Waals surface area contributed by atoms with E-state index in [0.717, 1.165) is 11.3 Å². The summed E-state index contributed by atoms with van der Waals surface area (Å²) >= 11 is 1.29. The number of aromatic nitrogens is 1. The molecule has 8 heteroatoms. The molecule has 4 rings (SSSR count). The van der Waals surface area contributed by atoms with Gasteiger partial charge in [0.25, 0.3) is 5.56 Å². The first kappa shape index (κ1) is 20.9. The van der Waals surface area contributed by atoms with E-state index in [1.165, 1.54) is 22.2 Å². The summed E-state index contributed by atoms with van der Waals surface area (Å²) in [5.74, 6) is -0.0148. The van der Waals surface area contributed by atoms with Crippen LogP contribution < -0.4 is 19.8 Å². The standard InChI is InChI=1S/C23H23N3O4S/c1-5-29-22(28)19-14(2)24-23-26(20(19)17-7-6-12-30-17)21(27)18(31-23)13-15-8-10-16(11-9-15)25(3)4/h6-13,20H,5H2,1-4H3/b18-13+/t20-/m0/s1. The molecule has 2 aromatic heterocycles. The molecule has 0 saturated carbocycles. The minimum Gasteiger partial charge on any atom is -0.467 e. The van der Waals surface area contributed by atoms with Crippen LogP contribution in [0, 0.1) is 0 Å². The molecule has 0 N–H and O–H groups in total. The number of rotatable bonds is 5. The molecule has 0 unspecified atom stereocenters. The Bertz CT molecular complexity index is 1310. The van der Waals surface area contributed by atoms with Gasteiger partial charge in [0.1, 0.15) is 11.8 Å². The molecule has 1 atom stereocenters. The number of furan rings is 1. The second kappa shape index (κ2) is 8.39. The van der Waals surface area contributed by atoms with Gasteiger partial charge >= 0.3 is 5.97 Å². The number of allylic oxidation sites excluding steroid dienone is 1. The van der Waals surface area contributed by atoms with Crippen LogP contribution >= 0.6 is 11.3 Å². The molecule has 31 heavy (non-hydrogen) atoms. The molecule has 0 fully saturated rings. The summed E-state index contributed by atoms with van der Waals surface area (Å²) in [5.41, 5.74) is 2.59. The van der Waals surface area contributed by atoms with E-state index in [2.05, 4.69) is 4.99 Å². The van der Waals surface area contributed by atoms with Gasteiger partial charge in [-0.05, 0) is 49.8 Å². The molecule has 0 spiro atoms. The molecular formula is C23H23N3O4S. The fraction of sp³-hybridized carbons (Fsp3) is 0.261. The number of hydrogen-bond acceptors (Lipinski definition) is 7. The zero-order valence-electron chi connectivity index (χ0n) is 17.8. The van der Waals surface area contributed by atoms with Crippen molar-refractivity contribution in [1.82, 2.24) is 4.57 Å². The molecular weight excluding hydrogens is 414 g/mol. The quantitative estimate of drug-likeness (QED) is 0.573. The molecule has 3 aromatic rings. The highest BCUT2D eigenvalue weighted by Crippen LogP contribution is 2.30. The third-order valence-corrected chi connectivity index (χ3v) is 6.02. The van der Waals surface area contributed by atoms with Crippen molar-refractivity contribution >= 4 is 29.1 Å².